The van der Waals surface area contributed by atoms with E-state index in [1.807, 2.05) is 48.5 Å². The van der Waals surface area contributed by atoms with Crippen molar-refractivity contribution in [2.75, 3.05) is 0 Å². The second-order valence-electron chi connectivity index (χ2n) is 8.06. The summed E-state index contributed by atoms with van der Waals surface area (Å²) in [6.45, 7) is 0. The Morgan fingerprint density at radius 3 is 2.67 bits per heavy atom. The highest BCUT2D eigenvalue weighted by Crippen LogP contribution is 2.35. The molecular formula is C25H20N4O2S2. The lowest BCUT2D eigenvalue weighted by atomic mass is 9.97. The van der Waals surface area contributed by atoms with Crippen molar-refractivity contribution in [1.82, 2.24) is 18.9 Å². The van der Waals surface area contributed by atoms with Gasteiger partial charge in [0.2, 0.25) is 0 Å². The largest absolute Gasteiger partial charge is 0.269 e. The molecule has 33 heavy (non-hydrogen) atoms. The number of aryl methyl sites for hydroxylation is 2. The van der Waals surface area contributed by atoms with Gasteiger partial charge in [0.15, 0.2) is 5.16 Å². The Morgan fingerprint density at radius 2 is 1.79 bits per heavy atom. The number of hydrogen-bond donors (Lipinski definition) is 0. The third kappa shape index (κ3) is 3.59. The van der Waals surface area contributed by atoms with Gasteiger partial charge < -0.3 is 0 Å². The van der Waals surface area contributed by atoms with E-state index in [0.717, 1.165) is 41.6 Å². The number of thiophene rings is 1. The molecule has 0 spiro atoms. The maximum atomic E-state index is 13.8. The van der Waals surface area contributed by atoms with Crippen LogP contribution in [0.4, 0.5) is 0 Å². The van der Waals surface area contributed by atoms with Gasteiger partial charge in [-0.2, -0.15) is 0 Å². The third-order valence-corrected chi connectivity index (χ3v) is 8.10. The van der Waals surface area contributed by atoms with E-state index in [0.29, 0.717) is 22.3 Å². The molecule has 0 saturated carbocycles. The smallest absolute Gasteiger partial charge is 0.267 e. The molecule has 1 aromatic carbocycles. The van der Waals surface area contributed by atoms with E-state index >= 15 is 0 Å². The summed E-state index contributed by atoms with van der Waals surface area (Å²) >= 11 is 3.09. The maximum Gasteiger partial charge on any atom is 0.267 e. The fourth-order valence-electron chi connectivity index (χ4n) is 4.40. The highest BCUT2D eigenvalue weighted by Gasteiger charge is 2.23. The summed E-state index contributed by atoms with van der Waals surface area (Å²) < 4.78 is 3.23. The SMILES string of the molecule is O=c1c2c3c(sc2nc(SCc2cc(=O)n4ccccc4n2)n1-c1ccccc1)CCCC3. The van der Waals surface area contributed by atoms with Crippen LogP contribution in [-0.4, -0.2) is 18.9 Å². The van der Waals surface area contributed by atoms with Crippen molar-refractivity contribution in [3.05, 3.63) is 97.6 Å². The van der Waals surface area contributed by atoms with Crippen molar-refractivity contribution in [2.45, 2.75) is 36.6 Å². The minimum Gasteiger partial charge on any atom is -0.269 e. The van der Waals surface area contributed by atoms with Gasteiger partial charge in [-0.3, -0.25) is 18.6 Å². The van der Waals surface area contributed by atoms with Crippen LogP contribution in [0.5, 0.6) is 0 Å². The van der Waals surface area contributed by atoms with Gasteiger partial charge in [0, 0.05) is 22.9 Å². The van der Waals surface area contributed by atoms with Crippen LogP contribution in [0.15, 0.2) is 75.5 Å². The molecule has 0 amide bonds. The van der Waals surface area contributed by atoms with Gasteiger partial charge in [-0.05, 0) is 55.5 Å². The summed E-state index contributed by atoms with van der Waals surface area (Å²) in [7, 11) is 0. The molecule has 4 aromatic heterocycles. The van der Waals surface area contributed by atoms with Gasteiger partial charge in [0.25, 0.3) is 11.1 Å². The molecule has 0 fully saturated rings. The highest BCUT2D eigenvalue weighted by atomic mass is 32.2. The Labute approximate surface area is 197 Å². The van der Waals surface area contributed by atoms with Crippen LogP contribution in [0, 0.1) is 0 Å². The molecular weight excluding hydrogens is 452 g/mol. The molecule has 5 aromatic rings. The van der Waals surface area contributed by atoms with E-state index in [1.54, 1.807) is 28.2 Å². The molecule has 1 aliphatic carbocycles. The normalized spacial score (nSPS) is 13.5. The van der Waals surface area contributed by atoms with Crippen LogP contribution in [0.2, 0.25) is 0 Å². The van der Waals surface area contributed by atoms with Gasteiger partial charge in [-0.15, -0.1) is 11.3 Å². The van der Waals surface area contributed by atoms with Crippen LogP contribution in [-0.2, 0) is 18.6 Å². The van der Waals surface area contributed by atoms with Crippen molar-refractivity contribution >= 4 is 39.0 Å². The first-order chi connectivity index (χ1) is 16.2. The molecule has 0 aliphatic heterocycles. The Kier molecular flexibility index (Phi) is 5.11. The zero-order valence-corrected chi connectivity index (χ0v) is 19.4. The van der Waals surface area contributed by atoms with Crippen molar-refractivity contribution in [3.8, 4) is 5.69 Å². The maximum absolute atomic E-state index is 13.8. The van der Waals surface area contributed by atoms with Crippen LogP contribution >= 0.6 is 23.1 Å². The second-order valence-corrected chi connectivity index (χ2v) is 10.1. The molecule has 0 radical (unpaired) electrons. The van der Waals surface area contributed by atoms with Crippen LogP contribution in [0.3, 0.4) is 0 Å². The monoisotopic (exact) mass is 472 g/mol. The van der Waals surface area contributed by atoms with Gasteiger partial charge in [-0.25, -0.2) is 9.97 Å². The number of benzene rings is 1. The second kappa shape index (κ2) is 8.28. The van der Waals surface area contributed by atoms with Crippen molar-refractivity contribution in [1.29, 1.82) is 0 Å². The summed E-state index contributed by atoms with van der Waals surface area (Å²) in [5.41, 5.74) is 3.11. The Bertz CT molecular complexity index is 1620. The summed E-state index contributed by atoms with van der Waals surface area (Å²) in [5, 5.41) is 1.39. The van der Waals surface area contributed by atoms with Crippen LogP contribution in [0.1, 0.15) is 29.0 Å². The van der Waals surface area contributed by atoms with E-state index in [-0.39, 0.29) is 11.1 Å². The average Bonchev–Trinajstić information content (AvgIpc) is 3.22. The fraction of sp³-hybridized carbons (Fsp3) is 0.200. The summed E-state index contributed by atoms with van der Waals surface area (Å²) in [4.78, 5) is 37.9. The molecule has 4 heterocycles. The lowest BCUT2D eigenvalue weighted by molar-refractivity contribution is 0.699. The van der Waals surface area contributed by atoms with Crippen molar-refractivity contribution in [2.24, 2.45) is 0 Å². The minimum atomic E-state index is -0.119. The number of rotatable bonds is 4. The molecule has 8 heteroatoms. The van der Waals surface area contributed by atoms with Crippen LogP contribution in [0.25, 0.3) is 21.6 Å². The molecule has 0 unspecified atom stereocenters. The van der Waals surface area contributed by atoms with E-state index in [4.69, 9.17) is 4.98 Å². The topological polar surface area (TPSA) is 69.3 Å². The first-order valence-electron chi connectivity index (χ1n) is 10.9. The number of hydrogen-bond acceptors (Lipinski definition) is 6. The Hall–Kier alpha value is -3.23. The molecule has 0 bridgehead atoms. The van der Waals surface area contributed by atoms with Gasteiger partial charge in [-0.1, -0.05) is 36.0 Å². The first-order valence-corrected chi connectivity index (χ1v) is 12.7. The number of thioether (sulfide) groups is 1. The zero-order valence-electron chi connectivity index (χ0n) is 17.7. The number of fused-ring (bicyclic) bond motifs is 4. The summed E-state index contributed by atoms with van der Waals surface area (Å²) in [6, 6.07) is 16.7. The van der Waals surface area contributed by atoms with Gasteiger partial charge in [0.05, 0.1) is 16.8 Å². The summed E-state index contributed by atoms with van der Waals surface area (Å²) in [5.74, 6) is 0.441. The Morgan fingerprint density at radius 1 is 0.970 bits per heavy atom. The summed E-state index contributed by atoms with van der Waals surface area (Å²) in [6.07, 6.45) is 5.95. The predicted octanol–water partition coefficient (Wildman–Crippen LogP) is 4.63. The quantitative estimate of drug-likeness (QED) is 0.282. The van der Waals surface area contributed by atoms with Gasteiger partial charge >= 0.3 is 0 Å². The standard InChI is InChI=1S/C25H20N4O2S2/c30-21-14-16(26-20-12-6-7-13-28(20)21)15-32-25-27-23-22(18-10-4-5-11-19(18)33-23)24(31)29(25)17-8-2-1-3-9-17/h1-3,6-9,12-14H,4-5,10-11,15H2. The molecule has 0 atom stereocenters. The van der Waals surface area contributed by atoms with E-state index in [2.05, 4.69) is 4.98 Å². The number of para-hydroxylation sites is 1. The van der Waals surface area contributed by atoms with Gasteiger partial charge in [0.1, 0.15) is 10.5 Å². The van der Waals surface area contributed by atoms with E-state index < -0.39 is 0 Å². The molecule has 0 saturated heterocycles. The zero-order chi connectivity index (χ0) is 22.4. The number of aromatic nitrogens is 4. The molecule has 164 valence electrons. The molecule has 0 N–H and O–H groups in total. The minimum absolute atomic E-state index is 0.0142. The lowest BCUT2D eigenvalue weighted by Crippen LogP contribution is -2.22. The lowest BCUT2D eigenvalue weighted by Gasteiger charge is -2.13. The fourth-order valence-corrected chi connectivity index (χ4v) is 6.61. The average molecular weight is 473 g/mol. The predicted molar refractivity (Wildman–Crippen MR) is 133 cm³/mol. The molecule has 6 rings (SSSR count). The van der Waals surface area contributed by atoms with E-state index in [1.165, 1.54) is 26.6 Å². The number of nitrogens with zero attached hydrogens (tertiary/aromatic N) is 4. The third-order valence-electron chi connectivity index (χ3n) is 5.95. The molecule has 1 aliphatic rings. The van der Waals surface area contributed by atoms with E-state index in [9.17, 15) is 9.59 Å². The number of pyridine rings is 1. The molecule has 6 nitrogen and oxygen atoms in total. The highest BCUT2D eigenvalue weighted by molar-refractivity contribution is 7.98. The first kappa shape index (κ1) is 20.4. The van der Waals surface area contributed by atoms with Crippen molar-refractivity contribution < 1.29 is 0 Å². The van der Waals surface area contributed by atoms with Crippen molar-refractivity contribution in [3.63, 3.8) is 0 Å². The Balaban J connectivity index is 1.47. The van der Waals surface area contributed by atoms with Crippen LogP contribution < -0.4 is 11.1 Å².